The van der Waals surface area contributed by atoms with Gasteiger partial charge in [0, 0.05) is 26.1 Å². The van der Waals surface area contributed by atoms with E-state index in [1.807, 2.05) is 6.92 Å². The number of hydrogen-bond donors (Lipinski definition) is 2. The number of halogens is 1. The smallest absolute Gasteiger partial charge is 0.291 e. The zero-order chi connectivity index (χ0) is 15.2. The summed E-state index contributed by atoms with van der Waals surface area (Å²) in [4.78, 5) is 23.7. The Hall–Kier alpha value is -1.56. The highest BCUT2D eigenvalue weighted by atomic mass is 35.5. The lowest BCUT2D eigenvalue weighted by Gasteiger charge is -2.25. The first-order chi connectivity index (χ1) is 10.1. The van der Waals surface area contributed by atoms with E-state index in [0.29, 0.717) is 42.7 Å². The van der Waals surface area contributed by atoms with Gasteiger partial charge in [0.2, 0.25) is 5.91 Å². The van der Waals surface area contributed by atoms with E-state index >= 15 is 0 Å². The molecule has 1 aliphatic rings. The molecule has 21 heavy (non-hydrogen) atoms. The predicted molar refractivity (Wildman–Crippen MR) is 82.6 cm³/mol. The number of carbonyl (C=O) groups excluding carboxylic acids is 1. The molecular weight excluding hydrogens is 292 g/mol. The van der Waals surface area contributed by atoms with Gasteiger partial charge in [-0.3, -0.25) is 9.59 Å². The fourth-order valence-electron chi connectivity index (χ4n) is 2.27. The minimum Gasteiger partial charge on any atom is -0.379 e. The van der Waals surface area contributed by atoms with Crippen LogP contribution in [0.2, 0.25) is 5.02 Å². The molecule has 0 aliphatic heterocycles. The summed E-state index contributed by atoms with van der Waals surface area (Å²) in [5.74, 6) is 0.490. The highest BCUT2D eigenvalue weighted by Gasteiger charge is 2.20. The molecule has 1 aromatic rings. The molecule has 116 valence electrons. The maximum absolute atomic E-state index is 12.3. The van der Waals surface area contributed by atoms with Crippen LogP contribution in [0.3, 0.4) is 0 Å². The van der Waals surface area contributed by atoms with Gasteiger partial charge in [0.05, 0.1) is 11.2 Å². The lowest BCUT2D eigenvalue weighted by atomic mass is 9.85. The first-order valence-electron chi connectivity index (χ1n) is 7.38. The van der Waals surface area contributed by atoms with Gasteiger partial charge in [-0.25, -0.2) is 4.68 Å². The van der Waals surface area contributed by atoms with Crippen LogP contribution in [0, 0.1) is 5.92 Å². The summed E-state index contributed by atoms with van der Waals surface area (Å²) in [6.45, 7) is 3.47. The molecule has 0 aromatic carbocycles. The van der Waals surface area contributed by atoms with Crippen molar-refractivity contribution >= 4 is 23.2 Å². The van der Waals surface area contributed by atoms with Crippen LogP contribution in [0.5, 0.6) is 0 Å². The third kappa shape index (κ3) is 4.20. The SMILES string of the molecule is CCNC(=O)CCNc1c(Cl)cnn(CC2CCC2)c1=O. The van der Waals surface area contributed by atoms with Crippen molar-refractivity contribution in [3.05, 3.63) is 21.6 Å². The lowest BCUT2D eigenvalue weighted by molar-refractivity contribution is -0.120. The first kappa shape index (κ1) is 15.8. The Labute approximate surface area is 128 Å². The average Bonchev–Trinajstić information content (AvgIpc) is 2.40. The van der Waals surface area contributed by atoms with E-state index in [9.17, 15) is 9.59 Å². The molecule has 0 spiro atoms. The fourth-order valence-corrected chi connectivity index (χ4v) is 2.46. The van der Waals surface area contributed by atoms with Crippen molar-refractivity contribution in [3.63, 3.8) is 0 Å². The molecule has 1 fully saturated rings. The normalized spacial score (nSPS) is 14.6. The molecule has 1 aliphatic carbocycles. The van der Waals surface area contributed by atoms with Gasteiger partial charge < -0.3 is 10.6 Å². The molecule has 7 heteroatoms. The van der Waals surface area contributed by atoms with Crippen LogP contribution in [0.15, 0.2) is 11.0 Å². The summed E-state index contributed by atoms with van der Waals surface area (Å²) in [6.07, 6.45) is 5.31. The first-order valence-corrected chi connectivity index (χ1v) is 7.75. The highest BCUT2D eigenvalue weighted by Crippen LogP contribution is 2.27. The lowest BCUT2D eigenvalue weighted by Crippen LogP contribution is -2.31. The molecule has 0 unspecified atom stereocenters. The highest BCUT2D eigenvalue weighted by molar-refractivity contribution is 6.33. The van der Waals surface area contributed by atoms with E-state index in [-0.39, 0.29) is 11.5 Å². The standard InChI is InChI=1S/C14H21ClN4O2/c1-2-16-12(20)6-7-17-13-11(15)8-18-19(14(13)21)9-10-4-3-5-10/h8,10,17H,2-7,9H2,1H3,(H,16,20). The molecule has 2 rings (SSSR count). The molecule has 6 nitrogen and oxygen atoms in total. The van der Waals surface area contributed by atoms with Gasteiger partial charge in [0.25, 0.3) is 5.56 Å². The van der Waals surface area contributed by atoms with Gasteiger partial charge >= 0.3 is 0 Å². The Balaban J connectivity index is 1.98. The molecule has 1 saturated carbocycles. The molecule has 1 aromatic heterocycles. The van der Waals surface area contributed by atoms with E-state index in [2.05, 4.69) is 15.7 Å². The zero-order valence-electron chi connectivity index (χ0n) is 12.2. The van der Waals surface area contributed by atoms with E-state index in [4.69, 9.17) is 11.6 Å². The second kappa shape index (κ2) is 7.45. The van der Waals surface area contributed by atoms with Crippen molar-refractivity contribution in [2.75, 3.05) is 18.4 Å². The summed E-state index contributed by atoms with van der Waals surface area (Å²) < 4.78 is 1.46. The largest absolute Gasteiger partial charge is 0.379 e. The molecule has 2 N–H and O–H groups in total. The fraction of sp³-hybridized carbons (Fsp3) is 0.643. The maximum atomic E-state index is 12.3. The second-order valence-corrected chi connectivity index (χ2v) is 5.69. The van der Waals surface area contributed by atoms with Crippen molar-refractivity contribution in [3.8, 4) is 0 Å². The number of carbonyl (C=O) groups is 1. The Morgan fingerprint density at radius 2 is 2.29 bits per heavy atom. The summed E-state index contributed by atoms with van der Waals surface area (Å²) in [5.41, 5.74) is 0.112. The number of nitrogens with one attached hydrogen (secondary N) is 2. The summed E-state index contributed by atoms with van der Waals surface area (Å²) in [6, 6.07) is 0. The van der Waals surface area contributed by atoms with Crippen LogP contribution in [0.4, 0.5) is 5.69 Å². The van der Waals surface area contributed by atoms with Crippen molar-refractivity contribution in [1.82, 2.24) is 15.1 Å². The number of amides is 1. The summed E-state index contributed by atoms with van der Waals surface area (Å²) in [5, 5.41) is 10.0. The van der Waals surface area contributed by atoms with Crippen molar-refractivity contribution in [2.24, 2.45) is 5.92 Å². The number of hydrogen-bond acceptors (Lipinski definition) is 4. The summed E-state index contributed by atoms with van der Waals surface area (Å²) in [7, 11) is 0. The Morgan fingerprint density at radius 3 is 2.90 bits per heavy atom. The molecular formula is C14H21ClN4O2. The van der Waals surface area contributed by atoms with Crippen molar-refractivity contribution < 1.29 is 4.79 Å². The van der Waals surface area contributed by atoms with Crippen LogP contribution < -0.4 is 16.2 Å². The maximum Gasteiger partial charge on any atom is 0.291 e. The number of aromatic nitrogens is 2. The molecule has 1 amide bonds. The Bertz CT molecular complexity index is 554. The Morgan fingerprint density at radius 1 is 1.52 bits per heavy atom. The summed E-state index contributed by atoms with van der Waals surface area (Å²) >= 11 is 6.02. The third-order valence-electron chi connectivity index (χ3n) is 3.68. The Kier molecular flexibility index (Phi) is 5.61. The van der Waals surface area contributed by atoms with Crippen LogP contribution in [0.25, 0.3) is 0 Å². The van der Waals surface area contributed by atoms with Gasteiger partial charge in [-0.2, -0.15) is 5.10 Å². The number of rotatable bonds is 7. The van der Waals surface area contributed by atoms with E-state index in [1.165, 1.54) is 17.3 Å². The van der Waals surface area contributed by atoms with Crippen LogP contribution >= 0.6 is 11.6 Å². The molecule has 0 atom stereocenters. The van der Waals surface area contributed by atoms with Crippen molar-refractivity contribution in [1.29, 1.82) is 0 Å². The average molecular weight is 313 g/mol. The molecule has 0 saturated heterocycles. The quantitative estimate of drug-likeness (QED) is 0.802. The minimum atomic E-state index is -0.217. The second-order valence-electron chi connectivity index (χ2n) is 5.28. The van der Waals surface area contributed by atoms with E-state index in [0.717, 1.165) is 12.8 Å². The van der Waals surface area contributed by atoms with Gasteiger partial charge in [-0.1, -0.05) is 18.0 Å². The van der Waals surface area contributed by atoms with Gasteiger partial charge in [-0.05, 0) is 25.7 Å². The van der Waals surface area contributed by atoms with Crippen LogP contribution in [-0.2, 0) is 11.3 Å². The van der Waals surface area contributed by atoms with Gasteiger partial charge in [-0.15, -0.1) is 0 Å². The van der Waals surface area contributed by atoms with Crippen LogP contribution in [0.1, 0.15) is 32.6 Å². The van der Waals surface area contributed by atoms with Crippen molar-refractivity contribution in [2.45, 2.75) is 39.2 Å². The third-order valence-corrected chi connectivity index (χ3v) is 3.97. The zero-order valence-corrected chi connectivity index (χ0v) is 12.9. The number of anilines is 1. The van der Waals surface area contributed by atoms with Gasteiger partial charge in [0.15, 0.2) is 0 Å². The predicted octanol–water partition coefficient (Wildman–Crippen LogP) is 1.63. The molecule has 0 bridgehead atoms. The monoisotopic (exact) mass is 312 g/mol. The molecule has 0 radical (unpaired) electrons. The van der Waals surface area contributed by atoms with E-state index < -0.39 is 0 Å². The molecule has 1 heterocycles. The minimum absolute atomic E-state index is 0.0510. The number of nitrogens with zero attached hydrogens (tertiary/aromatic N) is 2. The topological polar surface area (TPSA) is 76.0 Å². The van der Waals surface area contributed by atoms with E-state index in [1.54, 1.807) is 0 Å². The van der Waals surface area contributed by atoms with Crippen LogP contribution in [-0.4, -0.2) is 28.8 Å². The van der Waals surface area contributed by atoms with Gasteiger partial charge in [0.1, 0.15) is 5.69 Å².